The van der Waals surface area contributed by atoms with Gasteiger partial charge in [0.1, 0.15) is 0 Å². The van der Waals surface area contributed by atoms with Crippen molar-refractivity contribution in [2.45, 2.75) is 0 Å². The molecule has 0 aromatic rings. The molecular weight excluding hydrogens is 136 g/mol. The molecule has 0 aromatic carbocycles. The Morgan fingerprint density at radius 1 is 1.75 bits per heavy atom. The van der Waals surface area contributed by atoms with Crippen molar-refractivity contribution in [1.82, 2.24) is 5.06 Å². The topological polar surface area (TPSA) is 49.8 Å². The van der Waals surface area contributed by atoms with Crippen LogP contribution < -0.4 is 0 Å². The third kappa shape index (κ3) is 6.04. The van der Waals surface area contributed by atoms with E-state index < -0.39 is 7.91 Å². The maximum Gasteiger partial charge on any atom is 0.527 e. The van der Waals surface area contributed by atoms with Crippen molar-refractivity contribution in [3.05, 3.63) is 0 Å². The zero-order valence-electron chi connectivity index (χ0n) is 4.54. The number of hydroxylamine groups is 2. The minimum absolute atomic E-state index is 0.820. The van der Waals surface area contributed by atoms with Crippen LogP contribution in [0.2, 0.25) is 0 Å². The average molecular weight is 143 g/mol. The summed E-state index contributed by atoms with van der Waals surface area (Å²) in [5.41, 5.74) is 0. The lowest BCUT2D eigenvalue weighted by Gasteiger charge is -2.07. The van der Waals surface area contributed by atoms with Crippen molar-refractivity contribution >= 4 is 7.91 Å². The Bertz CT molecular complexity index is 110. The molecule has 6 heteroatoms. The van der Waals surface area contributed by atoms with E-state index in [4.69, 9.17) is 4.89 Å². The molecule has 0 aromatic heterocycles. The van der Waals surface area contributed by atoms with Crippen molar-refractivity contribution < 1.29 is 18.3 Å². The summed E-state index contributed by atoms with van der Waals surface area (Å²) in [5.74, 6) is 0. The van der Waals surface area contributed by atoms with Crippen molar-refractivity contribution in [3.63, 3.8) is 0 Å². The van der Waals surface area contributed by atoms with E-state index in [0.717, 1.165) is 5.06 Å². The second-order valence-corrected chi connectivity index (χ2v) is 2.41. The van der Waals surface area contributed by atoms with E-state index in [1.807, 2.05) is 0 Å². The summed E-state index contributed by atoms with van der Waals surface area (Å²) in [4.78, 5) is 7.81. The summed E-state index contributed by atoms with van der Waals surface area (Å²) < 4.78 is 24.9. The normalized spacial score (nSPS) is 18.6. The van der Waals surface area contributed by atoms with Crippen molar-refractivity contribution in [2.75, 3.05) is 14.1 Å². The smallest absolute Gasteiger partial charge is 0.298 e. The second kappa shape index (κ2) is 2.55. The summed E-state index contributed by atoms with van der Waals surface area (Å²) in [5, 5.41) is 0.820. The molecule has 0 spiro atoms. The van der Waals surface area contributed by atoms with Crippen LogP contribution in [0.5, 0.6) is 0 Å². The molecular formula is C2H7FNO3P. The van der Waals surface area contributed by atoms with Crippen LogP contribution in [0.4, 0.5) is 4.20 Å². The molecule has 0 saturated carbocycles. The van der Waals surface area contributed by atoms with E-state index in [1.165, 1.54) is 14.1 Å². The molecule has 1 atom stereocenters. The number of hydrogen-bond acceptors (Lipinski definition) is 3. The molecule has 0 saturated heterocycles. The van der Waals surface area contributed by atoms with E-state index >= 15 is 0 Å². The van der Waals surface area contributed by atoms with Gasteiger partial charge in [0, 0.05) is 14.1 Å². The van der Waals surface area contributed by atoms with Gasteiger partial charge >= 0.3 is 7.91 Å². The Labute approximate surface area is 46.5 Å². The quantitative estimate of drug-likeness (QED) is 0.453. The van der Waals surface area contributed by atoms with Crippen LogP contribution in [0.3, 0.4) is 0 Å². The molecule has 4 nitrogen and oxygen atoms in total. The lowest BCUT2D eigenvalue weighted by atomic mass is 11.2. The van der Waals surface area contributed by atoms with Crippen molar-refractivity contribution in [3.8, 4) is 0 Å². The maximum atomic E-state index is 11.5. The Kier molecular flexibility index (Phi) is 2.56. The van der Waals surface area contributed by atoms with Gasteiger partial charge in [0.15, 0.2) is 0 Å². The molecule has 1 unspecified atom stereocenters. The molecule has 0 fully saturated rings. The molecule has 1 N–H and O–H groups in total. The van der Waals surface area contributed by atoms with Gasteiger partial charge in [-0.2, -0.15) is 9.69 Å². The van der Waals surface area contributed by atoms with Gasteiger partial charge in [-0.05, 0) is 0 Å². The van der Waals surface area contributed by atoms with Gasteiger partial charge in [-0.15, -0.1) is 4.20 Å². The molecule has 8 heavy (non-hydrogen) atoms. The van der Waals surface area contributed by atoms with Crippen LogP contribution in [0.25, 0.3) is 0 Å². The van der Waals surface area contributed by atoms with Gasteiger partial charge in [-0.3, -0.25) is 4.89 Å². The van der Waals surface area contributed by atoms with Crippen LogP contribution in [0.1, 0.15) is 0 Å². The second-order valence-electron chi connectivity index (χ2n) is 1.35. The predicted molar refractivity (Wildman–Crippen MR) is 25.7 cm³/mol. The third-order valence-electron chi connectivity index (χ3n) is 0.264. The lowest BCUT2D eigenvalue weighted by molar-refractivity contribution is -0.0251. The SMILES string of the molecule is CN(C)OP(=O)(O)F. The maximum absolute atomic E-state index is 11.5. The predicted octanol–water partition coefficient (Wildman–Crippen LogP) is 0.549. The minimum Gasteiger partial charge on any atom is -0.298 e. The van der Waals surface area contributed by atoms with E-state index in [2.05, 4.69) is 4.62 Å². The largest absolute Gasteiger partial charge is 0.527 e. The zero-order chi connectivity index (χ0) is 6.78. The zero-order valence-corrected chi connectivity index (χ0v) is 5.43. The first-order valence-corrected chi connectivity index (χ1v) is 3.28. The molecule has 0 rings (SSSR count). The van der Waals surface area contributed by atoms with E-state index in [1.54, 1.807) is 0 Å². The van der Waals surface area contributed by atoms with Gasteiger partial charge in [0.25, 0.3) is 0 Å². The van der Waals surface area contributed by atoms with Crippen LogP contribution >= 0.6 is 7.91 Å². The van der Waals surface area contributed by atoms with Crippen molar-refractivity contribution in [2.24, 2.45) is 0 Å². The summed E-state index contributed by atoms with van der Waals surface area (Å²) >= 11 is 0. The molecule has 0 bridgehead atoms. The van der Waals surface area contributed by atoms with Gasteiger partial charge < -0.3 is 0 Å². The molecule has 0 aliphatic carbocycles. The highest BCUT2D eigenvalue weighted by atomic mass is 31.2. The van der Waals surface area contributed by atoms with E-state index in [9.17, 15) is 8.76 Å². The first kappa shape index (κ1) is 8.04. The van der Waals surface area contributed by atoms with Crippen LogP contribution in [0.15, 0.2) is 0 Å². The van der Waals surface area contributed by atoms with Crippen LogP contribution in [0, 0.1) is 0 Å². The fraction of sp³-hybridized carbons (Fsp3) is 1.00. The number of rotatable bonds is 2. The summed E-state index contributed by atoms with van der Waals surface area (Å²) in [6.07, 6.45) is 0. The fourth-order valence-corrected chi connectivity index (χ4v) is 0.604. The first-order chi connectivity index (χ1) is 3.42. The highest BCUT2D eigenvalue weighted by Gasteiger charge is 2.18. The Hall–Kier alpha value is 0.0400. The molecule has 0 radical (unpaired) electrons. The first-order valence-electron chi connectivity index (χ1n) is 1.81. The summed E-state index contributed by atoms with van der Waals surface area (Å²) in [6.45, 7) is 0. The average Bonchev–Trinajstić information content (AvgIpc) is 1.21. The number of nitrogens with zero attached hydrogens (tertiary/aromatic N) is 1. The lowest BCUT2D eigenvalue weighted by Crippen LogP contribution is -2.08. The molecule has 0 heterocycles. The standard InChI is InChI=1S/C2H7FNO3P/c1-4(2)7-8(3,5)6/h1-2H3,(H,5,6). The monoisotopic (exact) mass is 143 g/mol. The third-order valence-corrected chi connectivity index (χ3v) is 0.792. The van der Waals surface area contributed by atoms with Crippen LogP contribution in [-0.4, -0.2) is 24.1 Å². The number of halogens is 1. The fourth-order valence-electron chi connectivity index (χ4n) is 0.201. The van der Waals surface area contributed by atoms with Gasteiger partial charge in [0.2, 0.25) is 0 Å². The number of hydrogen-bond donors (Lipinski definition) is 1. The van der Waals surface area contributed by atoms with Gasteiger partial charge in [-0.25, -0.2) is 4.57 Å². The van der Waals surface area contributed by atoms with Crippen LogP contribution in [-0.2, 0) is 9.19 Å². The Morgan fingerprint density at radius 2 is 2.12 bits per heavy atom. The molecule has 0 aliphatic heterocycles. The molecule has 50 valence electrons. The van der Waals surface area contributed by atoms with Crippen molar-refractivity contribution in [1.29, 1.82) is 0 Å². The van der Waals surface area contributed by atoms with E-state index in [-0.39, 0.29) is 0 Å². The molecule has 0 aliphatic rings. The summed E-state index contributed by atoms with van der Waals surface area (Å²) in [7, 11) is -2.18. The van der Waals surface area contributed by atoms with Gasteiger partial charge in [0.05, 0.1) is 0 Å². The van der Waals surface area contributed by atoms with E-state index in [0.29, 0.717) is 0 Å². The van der Waals surface area contributed by atoms with Gasteiger partial charge in [-0.1, -0.05) is 0 Å². The highest BCUT2D eigenvalue weighted by Crippen LogP contribution is 2.43. The minimum atomic E-state index is -4.80. The Balaban J connectivity index is 3.56. The highest BCUT2D eigenvalue weighted by molar-refractivity contribution is 7.46. The Morgan fingerprint density at radius 3 is 2.12 bits per heavy atom. The summed E-state index contributed by atoms with van der Waals surface area (Å²) in [6, 6.07) is 0. The molecule has 0 amide bonds.